The second kappa shape index (κ2) is 6.65. The third-order valence-electron chi connectivity index (χ3n) is 4.74. The van der Waals surface area contributed by atoms with Gasteiger partial charge in [0.2, 0.25) is 0 Å². The van der Waals surface area contributed by atoms with Crippen molar-refractivity contribution in [3.63, 3.8) is 0 Å². The Bertz CT molecular complexity index is 963. The molecule has 3 aromatic heterocycles. The number of hydrogen-bond acceptors (Lipinski definition) is 6. The summed E-state index contributed by atoms with van der Waals surface area (Å²) < 4.78 is 1.68. The fourth-order valence-corrected chi connectivity index (χ4v) is 4.44. The summed E-state index contributed by atoms with van der Waals surface area (Å²) in [5.41, 5.74) is 2.93. The van der Waals surface area contributed by atoms with Gasteiger partial charge in [0.1, 0.15) is 5.82 Å². The van der Waals surface area contributed by atoms with Crippen LogP contribution >= 0.6 is 11.3 Å². The Morgan fingerprint density at radius 2 is 2.20 bits per heavy atom. The molecule has 130 valence electrons. The molecular weight excluding hydrogens is 334 g/mol. The number of nitrogens with zero attached hydrogens (tertiary/aromatic N) is 5. The molecule has 0 bridgehead atoms. The minimum absolute atomic E-state index is 0.0127. The maximum Gasteiger partial charge on any atom is 0.259 e. The van der Waals surface area contributed by atoms with E-state index >= 15 is 0 Å². The van der Waals surface area contributed by atoms with Crippen LogP contribution in [0.2, 0.25) is 0 Å². The molecule has 0 spiro atoms. The minimum Gasteiger partial charge on any atom is -0.297 e. The van der Waals surface area contributed by atoms with E-state index in [1.165, 1.54) is 11.3 Å². The van der Waals surface area contributed by atoms with Crippen LogP contribution in [0.4, 0.5) is 0 Å². The van der Waals surface area contributed by atoms with Crippen molar-refractivity contribution in [2.75, 3.05) is 13.1 Å². The molecule has 1 atom stereocenters. The highest BCUT2D eigenvalue weighted by Crippen LogP contribution is 2.26. The molecule has 0 amide bonds. The Kier molecular flexibility index (Phi) is 4.35. The van der Waals surface area contributed by atoms with E-state index in [2.05, 4.69) is 19.9 Å². The Balaban J connectivity index is 1.53. The summed E-state index contributed by atoms with van der Waals surface area (Å²) in [6.45, 7) is 6.56. The van der Waals surface area contributed by atoms with Gasteiger partial charge in [-0.25, -0.2) is 15.0 Å². The molecule has 7 heteroatoms. The highest BCUT2D eigenvalue weighted by Gasteiger charge is 2.23. The first-order valence-electron chi connectivity index (χ1n) is 8.59. The fourth-order valence-electron chi connectivity index (χ4n) is 3.55. The number of aryl methyl sites for hydroxylation is 2. The van der Waals surface area contributed by atoms with E-state index in [-0.39, 0.29) is 5.56 Å². The highest BCUT2D eigenvalue weighted by molar-refractivity contribution is 7.15. The van der Waals surface area contributed by atoms with Crippen LogP contribution in [0, 0.1) is 13.8 Å². The summed E-state index contributed by atoms with van der Waals surface area (Å²) in [5, 5.41) is 1.97. The second-order valence-electron chi connectivity index (χ2n) is 6.68. The van der Waals surface area contributed by atoms with Crippen molar-refractivity contribution in [3.8, 4) is 0 Å². The Morgan fingerprint density at radius 1 is 1.32 bits per heavy atom. The molecule has 1 saturated heterocycles. The topological polar surface area (TPSA) is 63.4 Å². The quantitative estimate of drug-likeness (QED) is 0.722. The molecular formula is C18H21N5OS. The molecule has 0 radical (unpaired) electrons. The van der Waals surface area contributed by atoms with Gasteiger partial charge in [0, 0.05) is 48.0 Å². The first kappa shape index (κ1) is 16.4. The summed E-state index contributed by atoms with van der Waals surface area (Å²) in [7, 11) is 0. The molecule has 0 aromatic carbocycles. The Morgan fingerprint density at radius 3 is 3.04 bits per heavy atom. The first-order valence-corrected chi connectivity index (χ1v) is 9.47. The Hall–Kier alpha value is -2.12. The molecule has 1 aliphatic heterocycles. The normalized spacial score (nSPS) is 18.7. The monoisotopic (exact) mass is 355 g/mol. The number of aromatic nitrogens is 4. The molecule has 0 unspecified atom stereocenters. The van der Waals surface area contributed by atoms with Crippen LogP contribution in [-0.4, -0.2) is 37.3 Å². The second-order valence-corrected chi connectivity index (χ2v) is 7.52. The van der Waals surface area contributed by atoms with Crippen LogP contribution in [-0.2, 0) is 6.54 Å². The molecule has 4 heterocycles. The van der Waals surface area contributed by atoms with Crippen molar-refractivity contribution >= 4 is 16.3 Å². The van der Waals surface area contributed by atoms with E-state index in [1.807, 2.05) is 31.5 Å². The van der Waals surface area contributed by atoms with E-state index < -0.39 is 0 Å². The fraction of sp³-hybridized carbons (Fsp3) is 0.444. The van der Waals surface area contributed by atoms with Gasteiger partial charge in [0.25, 0.3) is 5.56 Å². The minimum atomic E-state index is 0.0127. The van der Waals surface area contributed by atoms with Crippen LogP contribution in [0.3, 0.4) is 0 Å². The van der Waals surface area contributed by atoms with E-state index in [1.54, 1.807) is 10.5 Å². The summed E-state index contributed by atoms with van der Waals surface area (Å²) >= 11 is 1.52. The maximum atomic E-state index is 12.3. The molecule has 0 saturated carbocycles. The number of hydrogen-bond donors (Lipinski definition) is 0. The van der Waals surface area contributed by atoms with Crippen molar-refractivity contribution in [1.29, 1.82) is 0 Å². The van der Waals surface area contributed by atoms with E-state index in [4.69, 9.17) is 0 Å². The van der Waals surface area contributed by atoms with Gasteiger partial charge in [0.15, 0.2) is 4.96 Å². The molecule has 0 N–H and O–H groups in total. The van der Waals surface area contributed by atoms with Crippen LogP contribution in [0.5, 0.6) is 0 Å². The van der Waals surface area contributed by atoms with Gasteiger partial charge in [-0.2, -0.15) is 0 Å². The number of piperidine rings is 1. The third-order valence-corrected chi connectivity index (χ3v) is 5.68. The van der Waals surface area contributed by atoms with E-state index in [0.717, 1.165) is 53.8 Å². The van der Waals surface area contributed by atoms with Crippen LogP contribution in [0.15, 0.2) is 28.5 Å². The predicted molar refractivity (Wildman–Crippen MR) is 98.1 cm³/mol. The summed E-state index contributed by atoms with van der Waals surface area (Å²) in [6, 6.07) is 3.69. The summed E-state index contributed by atoms with van der Waals surface area (Å²) in [4.78, 5) is 29.0. The van der Waals surface area contributed by atoms with Crippen molar-refractivity contribution in [1.82, 2.24) is 24.3 Å². The highest BCUT2D eigenvalue weighted by atomic mass is 32.1. The molecule has 0 aliphatic carbocycles. The zero-order valence-electron chi connectivity index (χ0n) is 14.5. The van der Waals surface area contributed by atoms with Crippen molar-refractivity contribution in [2.24, 2.45) is 0 Å². The van der Waals surface area contributed by atoms with Gasteiger partial charge in [-0.15, -0.1) is 11.3 Å². The zero-order valence-corrected chi connectivity index (χ0v) is 15.3. The van der Waals surface area contributed by atoms with Gasteiger partial charge in [-0.05, 0) is 39.3 Å². The molecule has 25 heavy (non-hydrogen) atoms. The van der Waals surface area contributed by atoms with Gasteiger partial charge in [-0.1, -0.05) is 0 Å². The number of likely N-dealkylation sites (tertiary alicyclic amines) is 1. The largest absolute Gasteiger partial charge is 0.297 e. The number of fused-ring (bicyclic) bond motifs is 1. The molecule has 6 nitrogen and oxygen atoms in total. The van der Waals surface area contributed by atoms with Gasteiger partial charge in [0.05, 0.1) is 5.69 Å². The van der Waals surface area contributed by atoms with Crippen LogP contribution in [0.25, 0.3) is 4.96 Å². The van der Waals surface area contributed by atoms with Gasteiger partial charge < -0.3 is 0 Å². The average molecular weight is 355 g/mol. The van der Waals surface area contributed by atoms with Crippen molar-refractivity contribution < 1.29 is 0 Å². The molecule has 1 aliphatic rings. The van der Waals surface area contributed by atoms with E-state index in [0.29, 0.717) is 12.5 Å². The van der Waals surface area contributed by atoms with E-state index in [9.17, 15) is 4.79 Å². The van der Waals surface area contributed by atoms with Gasteiger partial charge >= 0.3 is 0 Å². The summed E-state index contributed by atoms with van der Waals surface area (Å²) in [6.07, 6.45) is 4.12. The number of rotatable bonds is 3. The standard InChI is InChI=1S/C18H21N5OS/c1-12-11-25-18-21-15(8-17(24)23(12)18)10-22-7-3-4-14(9-22)16-5-6-19-13(2)20-16/h5-6,8,11,14H,3-4,7,9-10H2,1-2H3/t14-/m0/s1. The smallest absolute Gasteiger partial charge is 0.259 e. The zero-order chi connectivity index (χ0) is 17.4. The average Bonchev–Trinajstić information content (AvgIpc) is 2.96. The van der Waals surface area contributed by atoms with Crippen molar-refractivity contribution in [2.45, 2.75) is 39.2 Å². The lowest BCUT2D eigenvalue weighted by molar-refractivity contribution is 0.196. The lowest BCUT2D eigenvalue weighted by atomic mass is 9.94. The summed E-state index contributed by atoms with van der Waals surface area (Å²) in [5.74, 6) is 1.24. The van der Waals surface area contributed by atoms with Crippen LogP contribution < -0.4 is 5.56 Å². The number of thiazole rings is 1. The maximum absolute atomic E-state index is 12.3. The predicted octanol–water partition coefficient (Wildman–Crippen LogP) is 2.54. The molecule has 3 aromatic rings. The van der Waals surface area contributed by atoms with Crippen LogP contribution in [0.1, 0.15) is 41.7 Å². The van der Waals surface area contributed by atoms with Gasteiger partial charge in [-0.3, -0.25) is 14.1 Å². The molecule has 1 fully saturated rings. The lowest BCUT2D eigenvalue weighted by Gasteiger charge is -2.32. The lowest BCUT2D eigenvalue weighted by Crippen LogP contribution is -2.35. The molecule has 4 rings (SSSR count). The first-order chi connectivity index (χ1) is 12.1. The van der Waals surface area contributed by atoms with Crippen molar-refractivity contribution in [3.05, 3.63) is 57.0 Å². The third kappa shape index (κ3) is 3.34. The SMILES string of the molecule is Cc1nccc([C@H]2CCCN(Cc3cc(=O)n4c(C)csc4n3)C2)n1. The Labute approximate surface area is 150 Å².